The van der Waals surface area contributed by atoms with Crippen LogP contribution in [0.2, 0.25) is 0 Å². The number of carbonyl (C=O) groups excluding carboxylic acids is 1. The number of carbonyl (C=O) groups is 1. The molecule has 1 N–H and O–H groups in total. The summed E-state index contributed by atoms with van der Waals surface area (Å²) in [6.45, 7) is 1.80. The van der Waals surface area contributed by atoms with Gasteiger partial charge in [0.25, 0.3) is 11.8 Å². The van der Waals surface area contributed by atoms with Gasteiger partial charge in [-0.2, -0.15) is 4.98 Å². The zero-order chi connectivity index (χ0) is 18.8. The number of benzene rings is 2. The summed E-state index contributed by atoms with van der Waals surface area (Å²) in [6, 6.07) is 14.7. The van der Waals surface area contributed by atoms with Crippen LogP contribution in [0.4, 0.5) is 9.52 Å². The Labute approximate surface area is 157 Å². The first-order chi connectivity index (χ1) is 13.1. The first kappa shape index (κ1) is 17.0. The van der Waals surface area contributed by atoms with Crippen molar-refractivity contribution in [1.82, 2.24) is 15.1 Å². The molecule has 0 aliphatic heterocycles. The molecule has 0 bridgehead atoms. The highest BCUT2D eigenvalue weighted by molar-refractivity contribution is 7.19. The van der Waals surface area contributed by atoms with Crippen molar-refractivity contribution in [3.05, 3.63) is 71.7 Å². The number of aryl methyl sites for hydroxylation is 1. The van der Waals surface area contributed by atoms with Gasteiger partial charge in [0.05, 0.1) is 5.69 Å². The van der Waals surface area contributed by atoms with Crippen LogP contribution >= 0.6 is 11.3 Å². The van der Waals surface area contributed by atoms with E-state index in [1.807, 2.05) is 6.07 Å². The topological polar surface area (TPSA) is 80.9 Å². The van der Waals surface area contributed by atoms with Gasteiger partial charge in [-0.25, -0.2) is 9.37 Å². The van der Waals surface area contributed by atoms with Crippen molar-refractivity contribution in [2.45, 2.75) is 6.92 Å². The number of nitrogens with zero attached hydrogens (tertiary/aromatic N) is 3. The Bertz CT molecular complexity index is 1090. The number of amides is 1. The van der Waals surface area contributed by atoms with Gasteiger partial charge in [-0.05, 0) is 43.3 Å². The van der Waals surface area contributed by atoms with E-state index >= 15 is 0 Å². The van der Waals surface area contributed by atoms with Gasteiger partial charge < -0.3 is 4.52 Å². The highest BCUT2D eigenvalue weighted by Crippen LogP contribution is 2.33. The van der Waals surface area contributed by atoms with Gasteiger partial charge in [-0.1, -0.05) is 34.7 Å². The normalized spacial score (nSPS) is 10.7. The van der Waals surface area contributed by atoms with Crippen molar-refractivity contribution < 1.29 is 13.7 Å². The number of nitrogens with one attached hydrogen (secondary N) is 1. The molecule has 2 aromatic carbocycles. The molecule has 0 fully saturated rings. The van der Waals surface area contributed by atoms with Crippen LogP contribution in [-0.4, -0.2) is 21.0 Å². The molecule has 134 valence electrons. The highest BCUT2D eigenvalue weighted by atomic mass is 32.1. The third kappa shape index (κ3) is 3.61. The van der Waals surface area contributed by atoms with E-state index in [9.17, 15) is 9.18 Å². The number of rotatable bonds is 4. The van der Waals surface area contributed by atoms with Crippen LogP contribution < -0.4 is 5.32 Å². The van der Waals surface area contributed by atoms with E-state index in [0.29, 0.717) is 38.5 Å². The quantitative estimate of drug-likeness (QED) is 0.561. The van der Waals surface area contributed by atoms with E-state index < -0.39 is 0 Å². The molecule has 2 aromatic heterocycles. The number of aromatic nitrogens is 3. The molecule has 0 spiro atoms. The first-order valence-electron chi connectivity index (χ1n) is 8.04. The van der Waals surface area contributed by atoms with Crippen LogP contribution in [0.15, 0.2) is 59.1 Å². The summed E-state index contributed by atoms with van der Waals surface area (Å²) in [5.74, 6) is 0.0743. The molecule has 4 rings (SSSR count). The Balaban J connectivity index is 1.57. The maximum atomic E-state index is 13.0. The molecule has 0 saturated heterocycles. The SMILES string of the molecule is Cc1nc(NC(=O)c2ccccc2)sc1-c1nc(-c2ccc(F)cc2)no1. The van der Waals surface area contributed by atoms with Crippen LogP contribution in [0.25, 0.3) is 22.2 Å². The van der Waals surface area contributed by atoms with Gasteiger partial charge in [0.2, 0.25) is 5.82 Å². The van der Waals surface area contributed by atoms with E-state index in [-0.39, 0.29) is 11.7 Å². The van der Waals surface area contributed by atoms with Crippen molar-refractivity contribution in [2.24, 2.45) is 0 Å². The predicted molar refractivity (Wildman–Crippen MR) is 99.9 cm³/mol. The van der Waals surface area contributed by atoms with E-state index in [0.717, 1.165) is 0 Å². The van der Waals surface area contributed by atoms with E-state index in [1.165, 1.54) is 23.5 Å². The fourth-order valence-corrected chi connectivity index (χ4v) is 3.32. The Morgan fingerprint density at radius 1 is 1.07 bits per heavy atom. The second-order valence-corrected chi connectivity index (χ2v) is 6.68. The minimum Gasteiger partial charge on any atom is -0.333 e. The lowest BCUT2D eigenvalue weighted by Crippen LogP contribution is -2.11. The Hall–Kier alpha value is -3.39. The van der Waals surface area contributed by atoms with Crippen LogP contribution in [0, 0.1) is 12.7 Å². The molecule has 8 heteroatoms. The molecule has 0 atom stereocenters. The molecule has 1 amide bonds. The van der Waals surface area contributed by atoms with Gasteiger partial charge in [-0.15, -0.1) is 0 Å². The van der Waals surface area contributed by atoms with Gasteiger partial charge in [0.15, 0.2) is 5.13 Å². The molecular weight excluding hydrogens is 367 g/mol. The molecule has 27 heavy (non-hydrogen) atoms. The second kappa shape index (κ2) is 7.08. The van der Waals surface area contributed by atoms with E-state index in [4.69, 9.17) is 4.52 Å². The molecule has 4 aromatic rings. The third-order valence-electron chi connectivity index (χ3n) is 3.78. The molecule has 6 nitrogen and oxygen atoms in total. The molecule has 0 saturated carbocycles. The summed E-state index contributed by atoms with van der Waals surface area (Å²) in [6.07, 6.45) is 0. The summed E-state index contributed by atoms with van der Waals surface area (Å²) in [5, 5.41) is 7.15. The average molecular weight is 380 g/mol. The lowest BCUT2D eigenvalue weighted by Gasteiger charge is -2.00. The molecule has 0 radical (unpaired) electrons. The van der Waals surface area contributed by atoms with Crippen LogP contribution in [0.1, 0.15) is 16.1 Å². The number of halogens is 1. The van der Waals surface area contributed by atoms with Crippen LogP contribution in [0.5, 0.6) is 0 Å². The average Bonchev–Trinajstić information content (AvgIpc) is 3.30. The predicted octanol–water partition coefficient (Wildman–Crippen LogP) is 4.56. The lowest BCUT2D eigenvalue weighted by atomic mass is 10.2. The summed E-state index contributed by atoms with van der Waals surface area (Å²) < 4.78 is 18.4. The van der Waals surface area contributed by atoms with Crippen molar-refractivity contribution in [1.29, 1.82) is 0 Å². The summed E-state index contributed by atoms with van der Waals surface area (Å²) in [7, 11) is 0. The molecule has 0 unspecified atom stereocenters. The molecule has 0 aliphatic carbocycles. The minimum absolute atomic E-state index is 0.242. The van der Waals surface area contributed by atoms with Crippen LogP contribution in [-0.2, 0) is 0 Å². The monoisotopic (exact) mass is 380 g/mol. The van der Waals surface area contributed by atoms with Crippen molar-refractivity contribution >= 4 is 22.4 Å². The number of anilines is 1. The Morgan fingerprint density at radius 2 is 1.81 bits per heavy atom. The largest absolute Gasteiger partial charge is 0.333 e. The van der Waals surface area contributed by atoms with Gasteiger partial charge in [0.1, 0.15) is 10.7 Å². The lowest BCUT2D eigenvalue weighted by molar-refractivity contribution is 0.102. The van der Waals surface area contributed by atoms with Crippen molar-refractivity contribution in [2.75, 3.05) is 5.32 Å². The Kier molecular flexibility index (Phi) is 4.47. The Morgan fingerprint density at radius 3 is 2.56 bits per heavy atom. The zero-order valence-electron chi connectivity index (χ0n) is 14.1. The van der Waals surface area contributed by atoms with Crippen LogP contribution in [0.3, 0.4) is 0 Å². The maximum absolute atomic E-state index is 13.0. The van der Waals surface area contributed by atoms with Gasteiger partial charge in [0, 0.05) is 11.1 Å². The molecule has 2 heterocycles. The number of hydrogen-bond acceptors (Lipinski definition) is 6. The number of thiazole rings is 1. The third-order valence-corrected chi connectivity index (χ3v) is 4.84. The maximum Gasteiger partial charge on any atom is 0.270 e. The smallest absolute Gasteiger partial charge is 0.270 e. The second-order valence-electron chi connectivity index (χ2n) is 5.68. The highest BCUT2D eigenvalue weighted by Gasteiger charge is 2.18. The fourth-order valence-electron chi connectivity index (χ4n) is 2.44. The summed E-state index contributed by atoms with van der Waals surface area (Å²) in [5.41, 5.74) is 1.85. The zero-order valence-corrected chi connectivity index (χ0v) is 15.0. The van der Waals surface area contributed by atoms with E-state index in [1.54, 1.807) is 43.3 Å². The molecule has 0 aliphatic rings. The standard InChI is InChI=1S/C19H13FN4O2S/c1-11-15(18-22-16(24-26-18)12-7-9-14(20)10-8-12)27-19(21-11)23-17(25)13-5-3-2-4-6-13/h2-10H,1H3,(H,21,23,25). The van der Waals surface area contributed by atoms with Crippen molar-refractivity contribution in [3.8, 4) is 22.2 Å². The minimum atomic E-state index is -0.334. The summed E-state index contributed by atoms with van der Waals surface area (Å²) in [4.78, 5) is 21.6. The summed E-state index contributed by atoms with van der Waals surface area (Å²) >= 11 is 1.25. The van der Waals surface area contributed by atoms with E-state index in [2.05, 4.69) is 20.4 Å². The van der Waals surface area contributed by atoms with Crippen molar-refractivity contribution in [3.63, 3.8) is 0 Å². The molecular formula is C19H13FN4O2S. The first-order valence-corrected chi connectivity index (χ1v) is 8.85. The number of hydrogen-bond donors (Lipinski definition) is 1. The fraction of sp³-hybridized carbons (Fsp3) is 0.0526. The van der Waals surface area contributed by atoms with Gasteiger partial charge in [-0.3, -0.25) is 10.1 Å². The van der Waals surface area contributed by atoms with Gasteiger partial charge >= 0.3 is 0 Å².